The van der Waals surface area contributed by atoms with Gasteiger partial charge in [0, 0.05) is 11.7 Å². The van der Waals surface area contributed by atoms with Crippen molar-refractivity contribution in [3.63, 3.8) is 0 Å². The quantitative estimate of drug-likeness (QED) is 0.834. The molecule has 4 nitrogen and oxygen atoms in total. The van der Waals surface area contributed by atoms with Crippen molar-refractivity contribution in [1.82, 2.24) is 15.6 Å². The third-order valence-electron chi connectivity index (χ3n) is 3.38. The summed E-state index contributed by atoms with van der Waals surface area (Å²) in [5.74, 6) is 0.00639. The zero-order valence-electron chi connectivity index (χ0n) is 11.1. The summed E-state index contributed by atoms with van der Waals surface area (Å²) in [6, 6.07) is 4.03. The zero-order valence-corrected chi connectivity index (χ0v) is 11.1. The van der Waals surface area contributed by atoms with Crippen LogP contribution in [0.15, 0.2) is 12.1 Å². The number of carbonyl (C=O) groups excluding carboxylic acids is 1. The Labute approximate surface area is 108 Å². The van der Waals surface area contributed by atoms with Crippen LogP contribution in [-0.2, 0) is 0 Å². The van der Waals surface area contributed by atoms with E-state index in [-0.39, 0.29) is 11.9 Å². The van der Waals surface area contributed by atoms with Crippen molar-refractivity contribution < 1.29 is 4.79 Å². The standard InChI is InChI=1S/C14H21N3O/c1-10-5-6-13(11(2)16-10)14(18)17-12-4-3-8-15-9-7-12/h5-6,12,15H,3-4,7-9H2,1-2H3,(H,17,18). The van der Waals surface area contributed by atoms with Gasteiger partial charge in [0.25, 0.3) is 5.91 Å². The van der Waals surface area contributed by atoms with Crippen LogP contribution in [0.2, 0.25) is 0 Å². The van der Waals surface area contributed by atoms with E-state index < -0.39 is 0 Å². The second-order valence-electron chi connectivity index (χ2n) is 4.94. The first-order chi connectivity index (χ1) is 8.66. The first-order valence-electron chi connectivity index (χ1n) is 6.62. The van der Waals surface area contributed by atoms with Gasteiger partial charge in [-0.25, -0.2) is 0 Å². The Morgan fingerprint density at radius 1 is 1.33 bits per heavy atom. The van der Waals surface area contributed by atoms with E-state index in [2.05, 4.69) is 15.6 Å². The van der Waals surface area contributed by atoms with Crippen LogP contribution in [0.4, 0.5) is 0 Å². The van der Waals surface area contributed by atoms with E-state index in [0.717, 1.165) is 43.7 Å². The summed E-state index contributed by atoms with van der Waals surface area (Å²) >= 11 is 0. The van der Waals surface area contributed by atoms with Crippen molar-refractivity contribution >= 4 is 5.91 Å². The highest BCUT2D eigenvalue weighted by Gasteiger charge is 2.17. The van der Waals surface area contributed by atoms with Crippen LogP contribution in [0.5, 0.6) is 0 Å². The third kappa shape index (κ3) is 3.29. The molecule has 1 amide bonds. The normalized spacial score (nSPS) is 20.2. The average Bonchev–Trinajstić information content (AvgIpc) is 2.57. The fourth-order valence-electron chi connectivity index (χ4n) is 2.35. The molecule has 0 radical (unpaired) electrons. The van der Waals surface area contributed by atoms with Crippen LogP contribution >= 0.6 is 0 Å². The number of carbonyl (C=O) groups is 1. The monoisotopic (exact) mass is 247 g/mol. The van der Waals surface area contributed by atoms with Crippen molar-refractivity contribution in [2.45, 2.75) is 39.2 Å². The van der Waals surface area contributed by atoms with Crippen molar-refractivity contribution in [2.24, 2.45) is 0 Å². The second-order valence-corrected chi connectivity index (χ2v) is 4.94. The summed E-state index contributed by atoms with van der Waals surface area (Å²) < 4.78 is 0. The van der Waals surface area contributed by atoms with Crippen molar-refractivity contribution in [1.29, 1.82) is 0 Å². The SMILES string of the molecule is Cc1ccc(C(=O)NC2CCCNCC2)c(C)n1. The van der Waals surface area contributed by atoms with Gasteiger partial charge < -0.3 is 10.6 Å². The second kappa shape index (κ2) is 5.96. The maximum Gasteiger partial charge on any atom is 0.253 e. The van der Waals surface area contributed by atoms with Gasteiger partial charge in [-0.15, -0.1) is 0 Å². The van der Waals surface area contributed by atoms with E-state index >= 15 is 0 Å². The molecule has 2 heterocycles. The van der Waals surface area contributed by atoms with Gasteiger partial charge in [-0.1, -0.05) is 0 Å². The number of nitrogens with zero attached hydrogens (tertiary/aromatic N) is 1. The van der Waals surface area contributed by atoms with Gasteiger partial charge in [-0.2, -0.15) is 0 Å². The molecule has 1 aliphatic heterocycles. The molecular formula is C14H21N3O. The van der Waals surface area contributed by atoms with Crippen molar-refractivity contribution in [3.05, 3.63) is 29.1 Å². The number of pyridine rings is 1. The van der Waals surface area contributed by atoms with Crippen molar-refractivity contribution in [3.8, 4) is 0 Å². The van der Waals surface area contributed by atoms with Gasteiger partial charge in [-0.3, -0.25) is 9.78 Å². The summed E-state index contributed by atoms with van der Waals surface area (Å²) in [6.45, 7) is 5.86. The van der Waals surface area contributed by atoms with Gasteiger partial charge in [-0.05, 0) is 58.3 Å². The van der Waals surface area contributed by atoms with Crippen molar-refractivity contribution in [2.75, 3.05) is 13.1 Å². The summed E-state index contributed by atoms with van der Waals surface area (Å²) in [5, 5.41) is 6.46. The summed E-state index contributed by atoms with van der Waals surface area (Å²) in [5.41, 5.74) is 2.44. The van der Waals surface area contributed by atoms with E-state index in [4.69, 9.17) is 0 Å². The lowest BCUT2D eigenvalue weighted by atomic mass is 10.1. The van der Waals surface area contributed by atoms with Crippen LogP contribution in [-0.4, -0.2) is 30.0 Å². The molecule has 1 atom stereocenters. The minimum Gasteiger partial charge on any atom is -0.349 e. The van der Waals surface area contributed by atoms with Gasteiger partial charge in [0.05, 0.1) is 11.3 Å². The number of hydrogen-bond acceptors (Lipinski definition) is 3. The molecule has 1 saturated heterocycles. The molecule has 0 spiro atoms. The van der Waals surface area contributed by atoms with Crippen LogP contribution < -0.4 is 10.6 Å². The highest BCUT2D eigenvalue weighted by atomic mass is 16.1. The van der Waals surface area contributed by atoms with Crippen LogP contribution in [0.1, 0.15) is 41.0 Å². The molecular weight excluding hydrogens is 226 g/mol. The molecule has 0 aromatic carbocycles. The van der Waals surface area contributed by atoms with E-state index in [1.54, 1.807) is 0 Å². The first kappa shape index (κ1) is 13.0. The molecule has 18 heavy (non-hydrogen) atoms. The van der Waals surface area contributed by atoms with Crippen LogP contribution in [0.3, 0.4) is 0 Å². The third-order valence-corrected chi connectivity index (χ3v) is 3.38. The Balaban J connectivity index is 2.02. The molecule has 1 fully saturated rings. The smallest absolute Gasteiger partial charge is 0.253 e. The van der Waals surface area contributed by atoms with Crippen LogP contribution in [0.25, 0.3) is 0 Å². The Hall–Kier alpha value is -1.42. The molecule has 1 unspecified atom stereocenters. The molecule has 0 saturated carbocycles. The number of aromatic nitrogens is 1. The number of rotatable bonds is 2. The Morgan fingerprint density at radius 2 is 2.17 bits per heavy atom. The predicted octanol–water partition coefficient (Wildman–Crippen LogP) is 1.57. The summed E-state index contributed by atoms with van der Waals surface area (Å²) in [4.78, 5) is 16.5. The van der Waals surface area contributed by atoms with E-state index in [9.17, 15) is 4.79 Å². The maximum absolute atomic E-state index is 12.2. The number of nitrogens with one attached hydrogen (secondary N) is 2. The Morgan fingerprint density at radius 3 is 2.94 bits per heavy atom. The fourth-order valence-corrected chi connectivity index (χ4v) is 2.35. The maximum atomic E-state index is 12.2. The molecule has 2 rings (SSSR count). The number of amides is 1. The lowest BCUT2D eigenvalue weighted by Gasteiger charge is -2.16. The molecule has 0 bridgehead atoms. The van der Waals surface area contributed by atoms with Gasteiger partial charge in [0.15, 0.2) is 0 Å². The zero-order chi connectivity index (χ0) is 13.0. The molecule has 1 aromatic heterocycles. The fraction of sp³-hybridized carbons (Fsp3) is 0.571. The first-order valence-corrected chi connectivity index (χ1v) is 6.62. The number of hydrogen-bond donors (Lipinski definition) is 2. The van der Waals surface area contributed by atoms with E-state index in [1.165, 1.54) is 0 Å². The lowest BCUT2D eigenvalue weighted by molar-refractivity contribution is 0.0933. The molecule has 1 aliphatic rings. The summed E-state index contributed by atoms with van der Waals surface area (Å²) in [7, 11) is 0. The highest BCUT2D eigenvalue weighted by Crippen LogP contribution is 2.10. The Bertz CT molecular complexity index is 423. The van der Waals surface area contributed by atoms with Gasteiger partial charge >= 0.3 is 0 Å². The molecule has 4 heteroatoms. The molecule has 98 valence electrons. The minimum atomic E-state index is 0.00639. The topological polar surface area (TPSA) is 54.0 Å². The lowest BCUT2D eigenvalue weighted by Crippen LogP contribution is -2.35. The van der Waals surface area contributed by atoms with Gasteiger partial charge in [0.2, 0.25) is 0 Å². The summed E-state index contributed by atoms with van der Waals surface area (Å²) in [6.07, 6.45) is 3.18. The average molecular weight is 247 g/mol. The molecule has 0 aliphatic carbocycles. The largest absolute Gasteiger partial charge is 0.349 e. The van der Waals surface area contributed by atoms with E-state index in [1.807, 2.05) is 26.0 Å². The molecule has 1 aromatic rings. The minimum absolute atomic E-state index is 0.00639. The number of aryl methyl sites for hydroxylation is 2. The Kier molecular flexibility index (Phi) is 4.31. The van der Waals surface area contributed by atoms with E-state index in [0.29, 0.717) is 5.56 Å². The highest BCUT2D eigenvalue weighted by molar-refractivity contribution is 5.95. The van der Waals surface area contributed by atoms with Crippen LogP contribution in [0, 0.1) is 13.8 Å². The molecule has 2 N–H and O–H groups in total. The predicted molar refractivity (Wildman–Crippen MR) is 71.7 cm³/mol. The van der Waals surface area contributed by atoms with Gasteiger partial charge in [0.1, 0.15) is 0 Å².